The van der Waals surface area contributed by atoms with Crippen LogP contribution in [0.5, 0.6) is 0 Å². The van der Waals surface area contributed by atoms with Crippen LogP contribution in [0.25, 0.3) is 0 Å². The number of aromatic amines is 1. The van der Waals surface area contributed by atoms with Crippen LogP contribution in [0, 0.1) is 4.77 Å². The van der Waals surface area contributed by atoms with Crippen LogP contribution < -0.4 is 0 Å². The lowest BCUT2D eigenvalue weighted by Crippen LogP contribution is -2.09. The number of hydrogen-bond acceptors (Lipinski definition) is 3. The third kappa shape index (κ3) is 2.15. The van der Waals surface area contributed by atoms with E-state index in [1.165, 1.54) is 4.57 Å². The average molecular weight is 201 g/mol. The first kappa shape index (κ1) is 9.91. The topological polar surface area (TPSA) is 70.9 Å². The van der Waals surface area contributed by atoms with Crippen molar-refractivity contribution in [3.05, 3.63) is 10.6 Å². The van der Waals surface area contributed by atoms with Crippen molar-refractivity contribution in [1.82, 2.24) is 14.8 Å². The summed E-state index contributed by atoms with van der Waals surface area (Å²) in [6.45, 7) is 2.64. The van der Waals surface area contributed by atoms with Crippen LogP contribution in [0.1, 0.15) is 30.4 Å². The standard InChI is InChI=1S/C7H11N3O2S/c1-2-3-4-10-5(6(11)12)8-9-7(10)13/h2-4H2,1H3,(H,9,13)(H,11,12). The molecule has 0 atom stereocenters. The Labute approximate surface area is 80.4 Å². The fourth-order valence-corrected chi connectivity index (χ4v) is 1.23. The molecule has 0 amide bonds. The van der Waals surface area contributed by atoms with Crippen LogP contribution in [0.2, 0.25) is 0 Å². The maximum Gasteiger partial charge on any atom is 0.374 e. The van der Waals surface area contributed by atoms with E-state index in [0.717, 1.165) is 12.8 Å². The van der Waals surface area contributed by atoms with Crippen molar-refractivity contribution >= 4 is 18.2 Å². The minimum absolute atomic E-state index is 0.0153. The summed E-state index contributed by atoms with van der Waals surface area (Å²) in [4.78, 5) is 10.6. The maximum atomic E-state index is 10.6. The molecular weight excluding hydrogens is 190 g/mol. The Balaban J connectivity index is 2.95. The number of aromatic carboxylic acids is 1. The Bertz CT molecular complexity index is 355. The maximum absolute atomic E-state index is 10.6. The molecule has 0 unspecified atom stereocenters. The minimum atomic E-state index is -1.05. The molecule has 0 bridgehead atoms. The van der Waals surface area contributed by atoms with Crippen LogP contribution in [0.15, 0.2) is 0 Å². The molecule has 0 aliphatic carbocycles. The van der Waals surface area contributed by atoms with Gasteiger partial charge in [0, 0.05) is 6.54 Å². The van der Waals surface area contributed by atoms with Crippen molar-refractivity contribution in [1.29, 1.82) is 0 Å². The second-order valence-corrected chi connectivity index (χ2v) is 3.05. The first-order valence-electron chi connectivity index (χ1n) is 4.05. The van der Waals surface area contributed by atoms with Crippen LogP contribution in [-0.4, -0.2) is 25.8 Å². The van der Waals surface area contributed by atoms with Crippen LogP contribution in [0.4, 0.5) is 0 Å². The molecule has 6 heteroatoms. The Morgan fingerprint density at radius 3 is 3.00 bits per heavy atom. The van der Waals surface area contributed by atoms with Gasteiger partial charge in [0.25, 0.3) is 0 Å². The number of nitrogens with one attached hydrogen (secondary N) is 1. The fraction of sp³-hybridized carbons (Fsp3) is 0.571. The van der Waals surface area contributed by atoms with Crippen molar-refractivity contribution < 1.29 is 9.90 Å². The van der Waals surface area contributed by atoms with E-state index in [9.17, 15) is 4.79 Å². The number of unbranched alkanes of at least 4 members (excludes halogenated alkanes) is 1. The average Bonchev–Trinajstić information content (AvgIpc) is 2.43. The van der Waals surface area contributed by atoms with Gasteiger partial charge < -0.3 is 5.11 Å². The summed E-state index contributed by atoms with van der Waals surface area (Å²) in [5, 5.41) is 14.8. The zero-order valence-electron chi connectivity index (χ0n) is 7.28. The lowest BCUT2D eigenvalue weighted by atomic mass is 10.3. The van der Waals surface area contributed by atoms with Crippen LogP contribution >= 0.6 is 12.2 Å². The summed E-state index contributed by atoms with van der Waals surface area (Å²) >= 11 is 4.89. The van der Waals surface area contributed by atoms with Crippen LogP contribution in [0.3, 0.4) is 0 Å². The first-order chi connectivity index (χ1) is 6.16. The van der Waals surface area contributed by atoms with Gasteiger partial charge in [-0.3, -0.25) is 9.67 Å². The molecule has 0 spiro atoms. The largest absolute Gasteiger partial charge is 0.475 e. The predicted molar refractivity (Wildman–Crippen MR) is 49.3 cm³/mol. The number of carbonyl (C=O) groups is 1. The number of H-pyrrole nitrogens is 1. The Kier molecular flexibility index (Phi) is 3.18. The molecule has 1 heterocycles. The molecule has 5 nitrogen and oxygen atoms in total. The molecule has 0 aliphatic rings. The van der Waals surface area contributed by atoms with E-state index in [1.54, 1.807) is 0 Å². The Morgan fingerprint density at radius 1 is 1.77 bits per heavy atom. The summed E-state index contributed by atoms with van der Waals surface area (Å²) in [6, 6.07) is 0. The van der Waals surface area contributed by atoms with Gasteiger partial charge in [-0.15, -0.1) is 5.10 Å². The highest BCUT2D eigenvalue weighted by atomic mass is 32.1. The van der Waals surface area contributed by atoms with Gasteiger partial charge in [-0.05, 0) is 18.6 Å². The van der Waals surface area contributed by atoms with Gasteiger partial charge in [0.1, 0.15) is 0 Å². The summed E-state index contributed by atoms with van der Waals surface area (Å²) < 4.78 is 1.87. The summed E-state index contributed by atoms with van der Waals surface area (Å²) in [6.07, 6.45) is 1.89. The van der Waals surface area contributed by atoms with E-state index >= 15 is 0 Å². The van der Waals surface area contributed by atoms with Gasteiger partial charge in [-0.2, -0.15) is 0 Å². The molecule has 13 heavy (non-hydrogen) atoms. The highest BCUT2D eigenvalue weighted by molar-refractivity contribution is 7.71. The molecule has 0 fully saturated rings. The molecule has 1 aromatic rings. The lowest BCUT2D eigenvalue weighted by molar-refractivity contribution is 0.0677. The molecule has 0 aliphatic heterocycles. The van der Waals surface area contributed by atoms with E-state index in [-0.39, 0.29) is 5.82 Å². The Hall–Kier alpha value is -1.17. The summed E-state index contributed by atoms with van der Waals surface area (Å²) in [5.74, 6) is -1.07. The SMILES string of the molecule is CCCCn1c(C(=O)O)n[nH]c1=S. The number of nitrogens with zero attached hydrogens (tertiary/aromatic N) is 2. The molecule has 2 N–H and O–H groups in total. The second kappa shape index (κ2) is 4.18. The molecule has 1 aromatic heterocycles. The predicted octanol–water partition coefficient (Wildman–Crippen LogP) is 1.44. The molecule has 0 saturated heterocycles. The third-order valence-corrected chi connectivity index (χ3v) is 2.00. The number of aromatic nitrogens is 3. The van der Waals surface area contributed by atoms with Crippen molar-refractivity contribution in [3.63, 3.8) is 0 Å². The molecule has 0 aromatic carbocycles. The molecule has 72 valence electrons. The molecule has 1 rings (SSSR count). The van der Waals surface area contributed by atoms with Gasteiger partial charge in [0.15, 0.2) is 4.77 Å². The molecule has 0 saturated carbocycles. The van der Waals surface area contributed by atoms with Gasteiger partial charge in [-0.25, -0.2) is 4.79 Å². The van der Waals surface area contributed by atoms with E-state index in [1.807, 2.05) is 6.92 Å². The van der Waals surface area contributed by atoms with E-state index in [0.29, 0.717) is 11.3 Å². The zero-order valence-corrected chi connectivity index (χ0v) is 8.10. The van der Waals surface area contributed by atoms with E-state index < -0.39 is 5.97 Å². The normalized spacial score (nSPS) is 10.2. The third-order valence-electron chi connectivity index (χ3n) is 1.68. The van der Waals surface area contributed by atoms with Gasteiger partial charge in [0.2, 0.25) is 5.82 Å². The fourth-order valence-electron chi connectivity index (χ4n) is 1.00. The highest BCUT2D eigenvalue weighted by Crippen LogP contribution is 2.01. The Morgan fingerprint density at radius 2 is 2.46 bits per heavy atom. The minimum Gasteiger partial charge on any atom is -0.475 e. The summed E-state index contributed by atoms with van der Waals surface area (Å²) in [5.41, 5.74) is 0. The van der Waals surface area contributed by atoms with Gasteiger partial charge in [-0.1, -0.05) is 13.3 Å². The lowest BCUT2D eigenvalue weighted by Gasteiger charge is -2.00. The zero-order chi connectivity index (χ0) is 9.84. The van der Waals surface area contributed by atoms with Crippen LogP contribution in [-0.2, 0) is 6.54 Å². The van der Waals surface area contributed by atoms with Crippen molar-refractivity contribution in [2.45, 2.75) is 26.3 Å². The summed E-state index contributed by atoms with van der Waals surface area (Å²) in [7, 11) is 0. The highest BCUT2D eigenvalue weighted by Gasteiger charge is 2.12. The monoisotopic (exact) mass is 201 g/mol. The number of carboxylic acid groups (broad SMARTS) is 1. The van der Waals surface area contributed by atoms with Gasteiger partial charge >= 0.3 is 5.97 Å². The smallest absolute Gasteiger partial charge is 0.374 e. The van der Waals surface area contributed by atoms with Crippen molar-refractivity contribution in [2.24, 2.45) is 0 Å². The van der Waals surface area contributed by atoms with Gasteiger partial charge in [0.05, 0.1) is 0 Å². The number of hydrogen-bond donors (Lipinski definition) is 2. The molecule has 0 radical (unpaired) electrons. The number of rotatable bonds is 4. The number of carboxylic acids is 1. The second-order valence-electron chi connectivity index (χ2n) is 2.66. The quantitative estimate of drug-likeness (QED) is 0.723. The van der Waals surface area contributed by atoms with Crippen molar-refractivity contribution in [3.8, 4) is 0 Å². The molecular formula is C7H11N3O2S. The first-order valence-corrected chi connectivity index (χ1v) is 4.46. The van der Waals surface area contributed by atoms with E-state index in [2.05, 4.69) is 10.2 Å². The van der Waals surface area contributed by atoms with Crippen molar-refractivity contribution in [2.75, 3.05) is 0 Å². The van der Waals surface area contributed by atoms with E-state index in [4.69, 9.17) is 17.3 Å².